The zero-order valence-electron chi connectivity index (χ0n) is 10.3. The van der Waals surface area contributed by atoms with Gasteiger partial charge in [0.15, 0.2) is 0 Å². The maximum absolute atomic E-state index is 12.1. The summed E-state index contributed by atoms with van der Waals surface area (Å²) < 4.78 is 0. The average molecular weight is 213 g/mol. The van der Waals surface area contributed by atoms with E-state index in [4.69, 9.17) is 5.73 Å². The second kappa shape index (κ2) is 4.49. The van der Waals surface area contributed by atoms with Crippen molar-refractivity contribution in [1.29, 1.82) is 0 Å². The molecule has 0 aromatic rings. The largest absolute Gasteiger partial charge is 0.341 e. The van der Waals surface area contributed by atoms with Gasteiger partial charge < -0.3 is 10.6 Å². The predicted molar refractivity (Wildman–Crippen MR) is 61.5 cm³/mol. The van der Waals surface area contributed by atoms with E-state index in [2.05, 4.69) is 18.7 Å². The lowest BCUT2D eigenvalue weighted by Crippen LogP contribution is -2.48. The van der Waals surface area contributed by atoms with Gasteiger partial charge in [-0.1, -0.05) is 13.8 Å². The summed E-state index contributed by atoms with van der Waals surface area (Å²) in [5.41, 5.74) is 5.81. The number of likely N-dealkylation sites (N-methyl/N-ethyl adjacent to an activating group) is 2. The van der Waals surface area contributed by atoms with E-state index in [0.29, 0.717) is 6.54 Å². The molecule has 88 valence electrons. The van der Waals surface area contributed by atoms with E-state index >= 15 is 0 Å². The first-order valence-electron chi connectivity index (χ1n) is 5.60. The van der Waals surface area contributed by atoms with Gasteiger partial charge in [0.2, 0.25) is 5.91 Å². The fourth-order valence-electron chi connectivity index (χ4n) is 2.38. The molecule has 0 spiro atoms. The Morgan fingerprint density at radius 1 is 1.47 bits per heavy atom. The van der Waals surface area contributed by atoms with Crippen molar-refractivity contribution in [3.63, 3.8) is 0 Å². The number of carbonyl (C=O) groups is 1. The van der Waals surface area contributed by atoms with Gasteiger partial charge in [-0.25, -0.2) is 0 Å². The van der Waals surface area contributed by atoms with E-state index in [1.54, 1.807) is 0 Å². The summed E-state index contributed by atoms with van der Waals surface area (Å²) in [6.07, 6.45) is 0. The van der Waals surface area contributed by atoms with Crippen LogP contribution in [0.1, 0.15) is 20.8 Å². The van der Waals surface area contributed by atoms with Gasteiger partial charge in [-0.2, -0.15) is 0 Å². The summed E-state index contributed by atoms with van der Waals surface area (Å²) in [5, 5.41) is 0. The molecule has 4 heteroatoms. The minimum atomic E-state index is -0.147. The first kappa shape index (κ1) is 12.5. The van der Waals surface area contributed by atoms with Crippen LogP contribution in [0.15, 0.2) is 0 Å². The van der Waals surface area contributed by atoms with Crippen molar-refractivity contribution in [2.24, 2.45) is 11.1 Å². The number of carbonyl (C=O) groups excluding carboxylic acids is 1. The molecule has 1 unspecified atom stereocenters. The molecule has 0 radical (unpaired) electrons. The Balaban J connectivity index is 2.92. The summed E-state index contributed by atoms with van der Waals surface area (Å²) in [6, 6.07) is -0.147. The van der Waals surface area contributed by atoms with Gasteiger partial charge in [-0.3, -0.25) is 9.69 Å². The van der Waals surface area contributed by atoms with Gasteiger partial charge in [0.05, 0.1) is 0 Å². The van der Waals surface area contributed by atoms with Crippen LogP contribution in [0.4, 0.5) is 0 Å². The van der Waals surface area contributed by atoms with Gasteiger partial charge in [-0.15, -0.1) is 0 Å². The van der Waals surface area contributed by atoms with Gasteiger partial charge in [0, 0.05) is 26.2 Å². The number of rotatable bonds is 2. The Labute approximate surface area is 92.4 Å². The topological polar surface area (TPSA) is 49.6 Å². The Kier molecular flexibility index (Phi) is 3.73. The maximum Gasteiger partial charge on any atom is 0.241 e. The number of nitrogens with zero attached hydrogens (tertiary/aromatic N) is 2. The first-order chi connectivity index (χ1) is 6.91. The SMILES string of the molecule is CCN1CC(C)(C)CN(C)C(CN)C1=O. The van der Waals surface area contributed by atoms with Crippen LogP contribution in [-0.4, -0.2) is 55.0 Å². The molecule has 1 aliphatic heterocycles. The maximum atomic E-state index is 12.1. The third-order valence-corrected chi connectivity index (χ3v) is 3.03. The molecular weight excluding hydrogens is 190 g/mol. The number of nitrogens with two attached hydrogens (primary N) is 1. The highest BCUT2D eigenvalue weighted by atomic mass is 16.2. The van der Waals surface area contributed by atoms with E-state index in [1.807, 2.05) is 18.9 Å². The summed E-state index contributed by atoms with van der Waals surface area (Å²) in [5.74, 6) is 0.174. The van der Waals surface area contributed by atoms with Crippen molar-refractivity contribution < 1.29 is 4.79 Å². The fourth-order valence-corrected chi connectivity index (χ4v) is 2.38. The van der Waals surface area contributed by atoms with Gasteiger partial charge >= 0.3 is 0 Å². The first-order valence-corrected chi connectivity index (χ1v) is 5.60. The van der Waals surface area contributed by atoms with Crippen molar-refractivity contribution in [1.82, 2.24) is 9.80 Å². The highest BCUT2D eigenvalue weighted by Gasteiger charge is 2.36. The summed E-state index contributed by atoms with van der Waals surface area (Å²) in [4.78, 5) is 16.1. The van der Waals surface area contributed by atoms with Gasteiger partial charge in [0.25, 0.3) is 0 Å². The molecule has 0 aromatic carbocycles. The number of amides is 1. The number of hydrogen-bond acceptors (Lipinski definition) is 3. The van der Waals surface area contributed by atoms with E-state index < -0.39 is 0 Å². The third-order valence-electron chi connectivity index (χ3n) is 3.03. The summed E-state index contributed by atoms with van der Waals surface area (Å²) in [6.45, 7) is 9.32. The normalized spacial score (nSPS) is 27.9. The molecular formula is C11H23N3O. The van der Waals surface area contributed by atoms with E-state index in [1.165, 1.54) is 0 Å². The minimum Gasteiger partial charge on any atom is -0.341 e. The standard InChI is InChI=1S/C11H23N3O/c1-5-14-8-11(2,3)7-13(4)9(6-12)10(14)15/h9H,5-8,12H2,1-4H3. The van der Waals surface area contributed by atoms with Crippen LogP contribution >= 0.6 is 0 Å². The Hall–Kier alpha value is -0.610. The zero-order chi connectivity index (χ0) is 11.6. The molecule has 1 amide bonds. The van der Waals surface area contributed by atoms with Crippen molar-refractivity contribution in [2.75, 3.05) is 33.2 Å². The van der Waals surface area contributed by atoms with Crippen molar-refractivity contribution in [2.45, 2.75) is 26.8 Å². The van der Waals surface area contributed by atoms with Gasteiger partial charge in [-0.05, 0) is 19.4 Å². The van der Waals surface area contributed by atoms with Crippen LogP contribution in [0.25, 0.3) is 0 Å². The molecule has 4 nitrogen and oxygen atoms in total. The summed E-state index contributed by atoms with van der Waals surface area (Å²) in [7, 11) is 1.98. The molecule has 1 fully saturated rings. The van der Waals surface area contributed by atoms with E-state index in [-0.39, 0.29) is 17.4 Å². The van der Waals surface area contributed by atoms with Crippen LogP contribution in [-0.2, 0) is 4.79 Å². The Morgan fingerprint density at radius 2 is 2.07 bits per heavy atom. The molecule has 1 aliphatic rings. The molecule has 0 bridgehead atoms. The quantitative estimate of drug-likeness (QED) is 0.709. The highest BCUT2D eigenvalue weighted by Crippen LogP contribution is 2.23. The summed E-state index contributed by atoms with van der Waals surface area (Å²) >= 11 is 0. The smallest absolute Gasteiger partial charge is 0.241 e. The van der Waals surface area contributed by atoms with Crippen LogP contribution < -0.4 is 5.73 Å². The van der Waals surface area contributed by atoms with E-state index in [9.17, 15) is 4.79 Å². The molecule has 0 aliphatic carbocycles. The lowest BCUT2D eigenvalue weighted by atomic mass is 9.93. The minimum absolute atomic E-state index is 0.143. The van der Waals surface area contributed by atoms with Crippen molar-refractivity contribution in [3.05, 3.63) is 0 Å². The zero-order valence-corrected chi connectivity index (χ0v) is 10.3. The second-order valence-corrected chi connectivity index (χ2v) is 5.18. The second-order valence-electron chi connectivity index (χ2n) is 5.18. The molecule has 15 heavy (non-hydrogen) atoms. The highest BCUT2D eigenvalue weighted by molar-refractivity contribution is 5.82. The van der Waals surface area contributed by atoms with Crippen molar-refractivity contribution in [3.8, 4) is 0 Å². The molecule has 1 heterocycles. The predicted octanol–water partition coefficient (Wildman–Crippen LogP) is 0.134. The Bertz CT molecular complexity index is 240. The average Bonchev–Trinajstić information content (AvgIpc) is 2.21. The van der Waals surface area contributed by atoms with Crippen LogP contribution in [0, 0.1) is 5.41 Å². The number of hydrogen-bond donors (Lipinski definition) is 1. The molecule has 1 rings (SSSR count). The van der Waals surface area contributed by atoms with Crippen molar-refractivity contribution >= 4 is 5.91 Å². The molecule has 2 N–H and O–H groups in total. The van der Waals surface area contributed by atoms with Gasteiger partial charge in [0.1, 0.15) is 6.04 Å². The lowest BCUT2D eigenvalue weighted by Gasteiger charge is -2.29. The Morgan fingerprint density at radius 3 is 2.53 bits per heavy atom. The monoisotopic (exact) mass is 213 g/mol. The molecule has 1 atom stereocenters. The van der Waals surface area contributed by atoms with E-state index in [0.717, 1.165) is 19.6 Å². The van der Waals surface area contributed by atoms with Crippen LogP contribution in [0.2, 0.25) is 0 Å². The molecule has 0 saturated carbocycles. The lowest BCUT2D eigenvalue weighted by molar-refractivity contribution is -0.134. The third kappa shape index (κ3) is 2.69. The fraction of sp³-hybridized carbons (Fsp3) is 0.909. The van der Waals surface area contributed by atoms with Crippen LogP contribution in [0.5, 0.6) is 0 Å². The molecule has 1 saturated heterocycles. The van der Waals surface area contributed by atoms with Crippen LogP contribution in [0.3, 0.4) is 0 Å². The molecule has 0 aromatic heterocycles.